The number of carbonyl (C=O) groups excluding carboxylic acids is 1. The van der Waals surface area contributed by atoms with Crippen molar-refractivity contribution >= 4 is 17.5 Å². The fourth-order valence-electron chi connectivity index (χ4n) is 3.26. The number of nitrogens with two attached hydrogens (primary N) is 1. The third-order valence-electron chi connectivity index (χ3n) is 4.84. The Kier molecular flexibility index (Phi) is 3.70. The van der Waals surface area contributed by atoms with Crippen LogP contribution in [0.5, 0.6) is 0 Å². The average Bonchev–Trinajstić information content (AvgIpc) is 3.13. The predicted octanol–water partition coefficient (Wildman–Crippen LogP) is 2.78. The van der Waals surface area contributed by atoms with Crippen LogP contribution >= 0.6 is 11.6 Å². The summed E-state index contributed by atoms with van der Waals surface area (Å²) in [5, 5.41) is 0.420. The largest absolute Gasteiger partial charge is 0.342 e. The average molecular weight is 311 g/mol. The molecule has 3 unspecified atom stereocenters. The normalized spacial score (nSPS) is 31.5. The van der Waals surface area contributed by atoms with Gasteiger partial charge in [-0.3, -0.25) is 4.79 Å². The summed E-state index contributed by atoms with van der Waals surface area (Å²) in [6, 6.07) is 4.68. The van der Waals surface area contributed by atoms with Gasteiger partial charge in [0.25, 0.3) is 0 Å². The molecule has 3 atom stereocenters. The monoisotopic (exact) mass is 310 g/mol. The summed E-state index contributed by atoms with van der Waals surface area (Å²) < 4.78 is 13.9. The van der Waals surface area contributed by atoms with Gasteiger partial charge in [-0.05, 0) is 36.9 Å². The van der Waals surface area contributed by atoms with Crippen molar-refractivity contribution < 1.29 is 9.18 Å². The summed E-state index contributed by atoms with van der Waals surface area (Å²) in [7, 11) is 0. The predicted molar refractivity (Wildman–Crippen MR) is 80.6 cm³/mol. The van der Waals surface area contributed by atoms with Crippen LogP contribution in [0.25, 0.3) is 0 Å². The maximum absolute atomic E-state index is 13.9. The molecule has 0 bridgehead atoms. The van der Waals surface area contributed by atoms with Crippen LogP contribution in [-0.2, 0) is 4.79 Å². The minimum atomic E-state index is -0.309. The maximum atomic E-state index is 13.9. The van der Waals surface area contributed by atoms with E-state index in [0.29, 0.717) is 30.1 Å². The molecule has 1 aromatic carbocycles. The molecule has 1 aliphatic heterocycles. The van der Waals surface area contributed by atoms with Gasteiger partial charge < -0.3 is 10.6 Å². The lowest BCUT2D eigenvalue weighted by atomic mass is 9.90. The standard InChI is InChI=1S/C16H20ClFN2O/c1-16(8-19)5-6-20(9-16)15(21)11-7-10(11)14-12(17)3-2-4-13(14)18/h2-4,10-11H,5-9,19H2,1H3. The molecule has 0 spiro atoms. The molecule has 1 aliphatic carbocycles. The summed E-state index contributed by atoms with van der Waals surface area (Å²) in [6.45, 7) is 4.15. The minimum Gasteiger partial charge on any atom is -0.342 e. The van der Waals surface area contributed by atoms with E-state index < -0.39 is 0 Å². The van der Waals surface area contributed by atoms with Gasteiger partial charge in [-0.25, -0.2) is 4.39 Å². The Hall–Kier alpha value is -1.13. The highest BCUT2D eigenvalue weighted by Crippen LogP contribution is 2.51. The van der Waals surface area contributed by atoms with Crippen molar-refractivity contribution in [3.8, 4) is 0 Å². The molecule has 3 nitrogen and oxygen atoms in total. The van der Waals surface area contributed by atoms with Gasteiger partial charge in [-0.1, -0.05) is 24.6 Å². The summed E-state index contributed by atoms with van der Waals surface area (Å²) in [5.41, 5.74) is 6.30. The van der Waals surface area contributed by atoms with Gasteiger partial charge in [0, 0.05) is 35.5 Å². The van der Waals surface area contributed by atoms with E-state index in [1.54, 1.807) is 12.1 Å². The Bertz CT molecular complexity index is 559. The SMILES string of the molecule is CC1(CN)CCN(C(=O)C2CC2c2c(F)cccc2Cl)C1. The van der Waals surface area contributed by atoms with Gasteiger partial charge in [0.2, 0.25) is 5.91 Å². The molecule has 2 N–H and O–H groups in total. The first-order valence-electron chi connectivity index (χ1n) is 7.38. The number of benzene rings is 1. The highest BCUT2D eigenvalue weighted by atomic mass is 35.5. The second kappa shape index (κ2) is 5.25. The van der Waals surface area contributed by atoms with Crippen LogP contribution in [0, 0.1) is 17.2 Å². The van der Waals surface area contributed by atoms with Gasteiger partial charge >= 0.3 is 0 Å². The molecule has 3 rings (SSSR count). The van der Waals surface area contributed by atoms with Crippen LogP contribution in [0.2, 0.25) is 5.02 Å². The van der Waals surface area contributed by atoms with E-state index in [1.165, 1.54) is 6.07 Å². The maximum Gasteiger partial charge on any atom is 0.226 e. The van der Waals surface area contributed by atoms with Gasteiger partial charge in [0.05, 0.1) is 0 Å². The van der Waals surface area contributed by atoms with E-state index >= 15 is 0 Å². The number of hydrogen-bond donors (Lipinski definition) is 1. The van der Waals surface area contributed by atoms with Crippen molar-refractivity contribution in [1.29, 1.82) is 0 Å². The van der Waals surface area contributed by atoms with Crippen molar-refractivity contribution in [3.63, 3.8) is 0 Å². The van der Waals surface area contributed by atoms with Crippen LogP contribution in [0.1, 0.15) is 31.2 Å². The van der Waals surface area contributed by atoms with E-state index in [-0.39, 0.29) is 29.0 Å². The van der Waals surface area contributed by atoms with Crippen molar-refractivity contribution in [2.45, 2.75) is 25.7 Å². The lowest BCUT2D eigenvalue weighted by Gasteiger charge is -2.22. The summed E-state index contributed by atoms with van der Waals surface area (Å²) in [4.78, 5) is 14.4. The molecule has 2 fully saturated rings. The number of likely N-dealkylation sites (tertiary alicyclic amines) is 1. The molecule has 114 valence electrons. The third kappa shape index (κ3) is 2.67. The van der Waals surface area contributed by atoms with Gasteiger partial charge in [-0.2, -0.15) is 0 Å². The molecule has 0 radical (unpaired) electrons. The molecule has 1 saturated heterocycles. The molecular formula is C16H20ClFN2O. The van der Waals surface area contributed by atoms with Crippen molar-refractivity contribution in [2.24, 2.45) is 17.1 Å². The highest BCUT2D eigenvalue weighted by Gasteiger charge is 2.49. The highest BCUT2D eigenvalue weighted by molar-refractivity contribution is 6.31. The second-order valence-electron chi connectivity index (χ2n) is 6.61. The summed E-state index contributed by atoms with van der Waals surface area (Å²) in [6.07, 6.45) is 1.63. The molecule has 1 amide bonds. The van der Waals surface area contributed by atoms with Crippen molar-refractivity contribution in [3.05, 3.63) is 34.6 Å². The molecule has 2 aliphatic rings. The number of hydrogen-bond acceptors (Lipinski definition) is 2. The summed E-state index contributed by atoms with van der Waals surface area (Å²) >= 11 is 6.08. The van der Waals surface area contributed by atoms with Crippen LogP contribution in [0.15, 0.2) is 18.2 Å². The number of rotatable bonds is 3. The second-order valence-corrected chi connectivity index (χ2v) is 7.02. The molecule has 1 heterocycles. The van der Waals surface area contributed by atoms with Gasteiger partial charge in [-0.15, -0.1) is 0 Å². The molecule has 0 aromatic heterocycles. The van der Waals surface area contributed by atoms with E-state index in [4.69, 9.17) is 17.3 Å². The van der Waals surface area contributed by atoms with Crippen molar-refractivity contribution in [2.75, 3.05) is 19.6 Å². The Morgan fingerprint density at radius 2 is 2.33 bits per heavy atom. The summed E-state index contributed by atoms with van der Waals surface area (Å²) in [5.74, 6) is -0.386. The zero-order valence-corrected chi connectivity index (χ0v) is 12.9. The third-order valence-corrected chi connectivity index (χ3v) is 5.17. The van der Waals surface area contributed by atoms with Gasteiger partial charge in [0.15, 0.2) is 0 Å². The zero-order chi connectivity index (χ0) is 15.2. The van der Waals surface area contributed by atoms with Crippen LogP contribution in [0.3, 0.4) is 0 Å². The van der Waals surface area contributed by atoms with Crippen LogP contribution < -0.4 is 5.73 Å². The van der Waals surface area contributed by atoms with Crippen LogP contribution in [-0.4, -0.2) is 30.4 Å². The number of halogens is 2. The molecular weight excluding hydrogens is 291 g/mol. The number of carbonyl (C=O) groups is 1. The fraction of sp³-hybridized carbons (Fsp3) is 0.562. The Balaban J connectivity index is 1.70. The number of nitrogens with zero attached hydrogens (tertiary/aromatic N) is 1. The molecule has 5 heteroatoms. The minimum absolute atomic E-state index is 0.0235. The van der Waals surface area contributed by atoms with E-state index in [1.807, 2.05) is 4.90 Å². The Morgan fingerprint density at radius 1 is 1.57 bits per heavy atom. The molecule has 1 saturated carbocycles. The zero-order valence-electron chi connectivity index (χ0n) is 12.1. The van der Waals surface area contributed by atoms with E-state index in [2.05, 4.69) is 6.92 Å². The van der Waals surface area contributed by atoms with E-state index in [9.17, 15) is 9.18 Å². The number of amides is 1. The Morgan fingerprint density at radius 3 is 2.95 bits per heavy atom. The molecule has 1 aromatic rings. The van der Waals surface area contributed by atoms with Crippen LogP contribution in [0.4, 0.5) is 4.39 Å². The first-order chi connectivity index (χ1) is 9.95. The first kappa shape index (κ1) is 14.8. The van der Waals surface area contributed by atoms with Gasteiger partial charge in [0.1, 0.15) is 5.82 Å². The van der Waals surface area contributed by atoms with E-state index in [0.717, 1.165) is 13.0 Å². The molecule has 21 heavy (non-hydrogen) atoms. The fourth-order valence-corrected chi connectivity index (χ4v) is 3.57. The quantitative estimate of drug-likeness (QED) is 0.933. The smallest absolute Gasteiger partial charge is 0.226 e. The first-order valence-corrected chi connectivity index (χ1v) is 7.76. The Labute approximate surface area is 129 Å². The lowest BCUT2D eigenvalue weighted by Crippen LogP contribution is -2.35. The van der Waals surface area contributed by atoms with Crippen molar-refractivity contribution in [1.82, 2.24) is 4.90 Å². The lowest BCUT2D eigenvalue weighted by molar-refractivity contribution is -0.132. The topological polar surface area (TPSA) is 46.3 Å².